The topological polar surface area (TPSA) is 72.5 Å². The largest absolute Gasteiger partial charge is 0.454 e. The first-order chi connectivity index (χ1) is 15.2. The average molecular weight is 449 g/mol. The molecule has 0 saturated heterocycles. The number of anilines is 1. The van der Waals surface area contributed by atoms with Crippen LogP contribution in [0.25, 0.3) is 0 Å². The number of esters is 1. The van der Waals surface area contributed by atoms with Crippen molar-refractivity contribution in [2.24, 2.45) is 5.41 Å². The van der Waals surface area contributed by atoms with E-state index in [0.29, 0.717) is 5.69 Å². The average Bonchev–Trinajstić information content (AvgIpc) is 2.74. The van der Waals surface area contributed by atoms with E-state index in [2.05, 4.69) is 5.32 Å². The summed E-state index contributed by atoms with van der Waals surface area (Å²) in [6, 6.07) is 16.4. The first-order valence-electron chi connectivity index (χ1n) is 11.1. The summed E-state index contributed by atoms with van der Waals surface area (Å²) in [5, 5.41) is 2.75. The number of rotatable bonds is 7. The Kier molecular flexibility index (Phi) is 9.64. The van der Waals surface area contributed by atoms with E-state index in [1.807, 2.05) is 51.1 Å². The number of hydrogen-bond acceptors (Lipinski definition) is 4. The summed E-state index contributed by atoms with van der Waals surface area (Å²) in [6.45, 7) is 13.8. The number of Topliss-reactive ketones (excluding diaryl/α,β-unsaturated/α-hetero) is 1. The predicted molar refractivity (Wildman–Crippen MR) is 134 cm³/mol. The van der Waals surface area contributed by atoms with Crippen molar-refractivity contribution in [2.45, 2.75) is 72.7 Å². The van der Waals surface area contributed by atoms with Crippen molar-refractivity contribution in [1.29, 1.82) is 0 Å². The van der Waals surface area contributed by atoms with E-state index in [0.717, 1.165) is 17.4 Å². The molecule has 0 saturated carbocycles. The Balaban J connectivity index is 0.00000172. The minimum Gasteiger partial charge on any atom is -0.454 e. The van der Waals surface area contributed by atoms with Crippen LogP contribution in [0.1, 0.15) is 66.5 Å². The van der Waals surface area contributed by atoms with Crippen LogP contribution in [0.3, 0.4) is 0 Å². The molecule has 2 radical (unpaired) electrons. The maximum atomic E-state index is 13.0. The van der Waals surface area contributed by atoms with E-state index in [-0.39, 0.29) is 5.78 Å². The molecule has 0 bridgehead atoms. The van der Waals surface area contributed by atoms with Gasteiger partial charge >= 0.3 is 5.97 Å². The van der Waals surface area contributed by atoms with Gasteiger partial charge in [-0.25, -0.2) is 0 Å². The number of ether oxygens (including phenoxy) is 1. The Labute approximate surface area is 199 Å². The van der Waals surface area contributed by atoms with Crippen LogP contribution >= 0.6 is 0 Å². The van der Waals surface area contributed by atoms with Crippen LogP contribution in [0.4, 0.5) is 5.69 Å². The van der Waals surface area contributed by atoms with Crippen LogP contribution in [0.2, 0.25) is 6.32 Å². The molecular formula is C27H36BNO4. The fourth-order valence-electron chi connectivity index (χ4n) is 3.06. The third-order valence-electron chi connectivity index (χ3n) is 5.59. The molecule has 1 amide bonds. The molecule has 0 heterocycles. The van der Waals surface area contributed by atoms with Crippen molar-refractivity contribution < 1.29 is 19.1 Å². The zero-order chi connectivity index (χ0) is 25.4. The van der Waals surface area contributed by atoms with Crippen molar-refractivity contribution >= 4 is 31.2 Å². The number of para-hydroxylation sites is 1. The number of hydrogen-bond donors (Lipinski definition) is 1. The van der Waals surface area contributed by atoms with Crippen molar-refractivity contribution in [3.8, 4) is 0 Å². The van der Waals surface area contributed by atoms with Gasteiger partial charge in [-0.2, -0.15) is 0 Å². The molecule has 0 aliphatic carbocycles. The molecule has 33 heavy (non-hydrogen) atoms. The molecule has 0 aliphatic rings. The van der Waals surface area contributed by atoms with Gasteiger partial charge < -0.3 is 10.1 Å². The van der Waals surface area contributed by atoms with Crippen LogP contribution in [-0.4, -0.2) is 25.5 Å². The zero-order valence-corrected chi connectivity index (χ0v) is 21.1. The van der Waals surface area contributed by atoms with Gasteiger partial charge in [-0.3, -0.25) is 14.4 Å². The van der Waals surface area contributed by atoms with E-state index < -0.39 is 28.3 Å². The highest BCUT2D eigenvalue weighted by Crippen LogP contribution is 2.37. The Morgan fingerprint density at radius 2 is 1.30 bits per heavy atom. The van der Waals surface area contributed by atoms with E-state index in [1.54, 1.807) is 45.0 Å². The molecule has 2 rings (SSSR count). The fourth-order valence-corrected chi connectivity index (χ4v) is 3.06. The number of benzene rings is 2. The van der Waals surface area contributed by atoms with Gasteiger partial charge in [0.1, 0.15) is 16.8 Å². The summed E-state index contributed by atoms with van der Waals surface area (Å²) in [5.41, 5.74) is -1.04. The zero-order valence-electron chi connectivity index (χ0n) is 21.1. The van der Waals surface area contributed by atoms with Crippen molar-refractivity contribution in [3.63, 3.8) is 0 Å². The number of ketones is 1. The summed E-state index contributed by atoms with van der Waals surface area (Å²) in [7, 11) is 4.85. The maximum Gasteiger partial charge on any atom is 0.321 e. The van der Waals surface area contributed by atoms with Gasteiger partial charge in [0.2, 0.25) is 5.91 Å². The van der Waals surface area contributed by atoms with E-state index in [1.165, 1.54) is 13.8 Å². The third kappa shape index (κ3) is 7.05. The summed E-state index contributed by atoms with van der Waals surface area (Å²) in [5.74, 6) is -1.08. The second-order valence-electron chi connectivity index (χ2n) is 9.48. The molecule has 176 valence electrons. The lowest BCUT2D eigenvalue weighted by atomic mass is 9.75. The second-order valence-corrected chi connectivity index (χ2v) is 9.48. The first kappa shape index (κ1) is 28.1. The molecule has 6 heteroatoms. The van der Waals surface area contributed by atoms with Crippen LogP contribution in [0.15, 0.2) is 54.6 Å². The standard InChI is InChI=1S/C25H31NO4.C2H5B/c1-17(27)23(2,3)19-15-11-12-16-20(19)25(6,7)30-22(29)24(4,5)21(28)26-18-13-9-8-10-14-18;1-2-3/h8-16H,1-7H3,(H,26,28);2H2,1H3. The number of carbonyl (C=O) groups is 3. The van der Waals surface area contributed by atoms with Gasteiger partial charge in [-0.1, -0.05) is 55.7 Å². The Hall–Kier alpha value is -2.89. The van der Waals surface area contributed by atoms with Gasteiger partial charge in [-0.05, 0) is 71.7 Å². The summed E-state index contributed by atoms with van der Waals surface area (Å²) in [6.07, 6.45) is 0.750. The monoisotopic (exact) mass is 449 g/mol. The molecule has 0 fully saturated rings. The lowest BCUT2D eigenvalue weighted by Crippen LogP contribution is -2.43. The van der Waals surface area contributed by atoms with Gasteiger partial charge in [-0.15, -0.1) is 0 Å². The normalized spacial score (nSPS) is 11.6. The van der Waals surface area contributed by atoms with Gasteiger partial charge in [0.25, 0.3) is 0 Å². The minimum atomic E-state index is -1.40. The Bertz CT molecular complexity index is 965. The van der Waals surface area contributed by atoms with Crippen molar-refractivity contribution in [3.05, 3.63) is 65.7 Å². The lowest BCUT2D eigenvalue weighted by Gasteiger charge is -2.35. The second kappa shape index (κ2) is 11.3. The third-order valence-corrected chi connectivity index (χ3v) is 5.59. The highest BCUT2D eigenvalue weighted by atomic mass is 16.6. The fraction of sp³-hybridized carbons (Fsp3) is 0.444. The molecule has 2 aromatic carbocycles. The Morgan fingerprint density at radius 3 is 1.79 bits per heavy atom. The molecule has 0 aromatic heterocycles. The van der Waals surface area contributed by atoms with E-state index in [9.17, 15) is 14.4 Å². The number of carbonyl (C=O) groups excluding carboxylic acids is 3. The van der Waals surface area contributed by atoms with Crippen molar-refractivity contribution in [2.75, 3.05) is 5.32 Å². The first-order valence-corrected chi connectivity index (χ1v) is 11.1. The minimum absolute atomic E-state index is 0.0136. The van der Waals surface area contributed by atoms with Crippen LogP contribution < -0.4 is 5.32 Å². The van der Waals surface area contributed by atoms with Crippen LogP contribution in [-0.2, 0) is 30.1 Å². The molecule has 0 unspecified atom stereocenters. The lowest BCUT2D eigenvalue weighted by molar-refractivity contribution is -0.170. The van der Waals surface area contributed by atoms with Crippen LogP contribution in [0, 0.1) is 5.41 Å². The highest BCUT2D eigenvalue weighted by molar-refractivity contribution is 6.08. The van der Waals surface area contributed by atoms with Crippen LogP contribution in [0.5, 0.6) is 0 Å². The SMILES string of the molecule is CC(=O)C(C)(C)c1ccccc1C(C)(C)OC(=O)C(C)(C)C(=O)Nc1ccccc1.[B]CC. The van der Waals surface area contributed by atoms with E-state index in [4.69, 9.17) is 12.6 Å². The summed E-state index contributed by atoms with van der Waals surface area (Å²) >= 11 is 0. The molecular weight excluding hydrogens is 413 g/mol. The molecule has 0 spiro atoms. The highest BCUT2D eigenvalue weighted by Gasteiger charge is 2.42. The summed E-state index contributed by atoms with van der Waals surface area (Å²) in [4.78, 5) is 38.0. The van der Waals surface area contributed by atoms with Gasteiger partial charge in [0, 0.05) is 11.1 Å². The molecule has 0 aliphatic heterocycles. The molecule has 5 nitrogen and oxygen atoms in total. The molecule has 1 N–H and O–H groups in total. The smallest absolute Gasteiger partial charge is 0.321 e. The Morgan fingerprint density at radius 1 is 0.848 bits per heavy atom. The van der Waals surface area contributed by atoms with Gasteiger partial charge in [0.05, 0.1) is 7.85 Å². The molecule has 0 atom stereocenters. The van der Waals surface area contributed by atoms with Gasteiger partial charge in [0.15, 0.2) is 0 Å². The number of nitrogens with one attached hydrogen (secondary N) is 1. The number of amides is 1. The maximum absolute atomic E-state index is 13.0. The quantitative estimate of drug-likeness (QED) is 0.340. The summed E-state index contributed by atoms with van der Waals surface area (Å²) < 4.78 is 5.85. The van der Waals surface area contributed by atoms with Crippen molar-refractivity contribution in [1.82, 2.24) is 0 Å². The predicted octanol–water partition coefficient (Wildman–Crippen LogP) is 5.59. The van der Waals surface area contributed by atoms with E-state index >= 15 is 0 Å². The molecule has 2 aromatic rings.